The van der Waals surface area contributed by atoms with Crippen LogP contribution in [0.5, 0.6) is 0 Å². The minimum Gasteiger partial charge on any atom is -0.329 e. The monoisotopic (exact) mass is 293 g/mol. The number of aromatic nitrogens is 1. The van der Waals surface area contributed by atoms with Crippen molar-refractivity contribution in [1.82, 2.24) is 9.88 Å². The summed E-state index contributed by atoms with van der Waals surface area (Å²) < 4.78 is 0. The molecule has 1 aliphatic heterocycles. The van der Waals surface area contributed by atoms with E-state index in [1.807, 2.05) is 23.7 Å². The standard InChI is InChI=1S/C14H16ClN3S/c15-12-3-1-2-10-11(12)9-18(13(10)8-16)6-4-14-17-5-7-19-14/h1-3,5,7,13H,4,6,8-9,16H2. The molecule has 0 aliphatic carbocycles. The fraction of sp³-hybridized carbons (Fsp3) is 0.357. The summed E-state index contributed by atoms with van der Waals surface area (Å²) in [4.78, 5) is 6.73. The molecule has 100 valence electrons. The summed E-state index contributed by atoms with van der Waals surface area (Å²) in [7, 11) is 0. The second kappa shape index (κ2) is 5.59. The first-order valence-corrected chi connectivity index (χ1v) is 7.65. The molecule has 3 rings (SSSR count). The summed E-state index contributed by atoms with van der Waals surface area (Å²) in [5.41, 5.74) is 8.46. The van der Waals surface area contributed by atoms with Crippen molar-refractivity contribution in [2.75, 3.05) is 13.1 Å². The van der Waals surface area contributed by atoms with Gasteiger partial charge in [0.05, 0.1) is 5.01 Å². The van der Waals surface area contributed by atoms with E-state index >= 15 is 0 Å². The molecule has 0 spiro atoms. The van der Waals surface area contributed by atoms with Crippen LogP contribution in [0.2, 0.25) is 5.02 Å². The molecular formula is C14H16ClN3S. The van der Waals surface area contributed by atoms with E-state index in [-0.39, 0.29) is 6.04 Å². The maximum Gasteiger partial charge on any atom is 0.0937 e. The highest BCUT2D eigenvalue weighted by molar-refractivity contribution is 7.09. The molecule has 5 heteroatoms. The number of fused-ring (bicyclic) bond motifs is 1. The molecule has 1 atom stereocenters. The number of benzene rings is 1. The Morgan fingerprint density at radius 1 is 1.47 bits per heavy atom. The molecule has 0 radical (unpaired) electrons. The van der Waals surface area contributed by atoms with E-state index in [1.54, 1.807) is 11.3 Å². The van der Waals surface area contributed by atoms with E-state index in [9.17, 15) is 0 Å². The van der Waals surface area contributed by atoms with Crippen molar-refractivity contribution >= 4 is 22.9 Å². The fourth-order valence-electron chi connectivity index (χ4n) is 2.69. The summed E-state index contributed by atoms with van der Waals surface area (Å²) >= 11 is 7.99. The van der Waals surface area contributed by atoms with Crippen molar-refractivity contribution in [2.24, 2.45) is 5.73 Å². The molecule has 2 heterocycles. The number of hydrogen-bond acceptors (Lipinski definition) is 4. The van der Waals surface area contributed by atoms with Crippen LogP contribution in [0, 0.1) is 0 Å². The van der Waals surface area contributed by atoms with Gasteiger partial charge in [-0.2, -0.15) is 0 Å². The Morgan fingerprint density at radius 2 is 2.37 bits per heavy atom. The van der Waals surface area contributed by atoms with Gasteiger partial charge in [-0.3, -0.25) is 4.90 Å². The van der Waals surface area contributed by atoms with E-state index < -0.39 is 0 Å². The van der Waals surface area contributed by atoms with Gasteiger partial charge < -0.3 is 5.73 Å². The van der Waals surface area contributed by atoms with E-state index in [2.05, 4.69) is 16.0 Å². The first kappa shape index (κ1) is 13.1. The van der Waals surface area contributed by atoms with Crippen molar-refractivity contribution in [3.63, 3.8) is 0 Å². The molecule has 1 aromatic heterocycles. The van der Waals surface area contributed by atoms with Gasteiger partial charge in [-0.25, -0.2) is 4.98 Å². The lowest BCUT2D eigenvalue weighted by Gasteiger charge is -2.23. The maximum absolute atomic E-state index is 6.28. The molecule has 19 heavy (non-hydrogen) atoms. The second-order valence-corrected chi connectivity index (χ2v) is 6.09. The molecule has 1 aromatic carbocycles. The van der Waals surface area contributed by atoms with E-state index in [1.165, 1.54) is 16.1 Å². The molecule has 2 N–H and O–H groups in total. The Kier molecular flexibility index (Phi) is 3.84. The Morgan fingerprint density at radius 3 is 3.11 bits per heavy atom. The van der Waals surface area contributed by atoms with Crippen molar-refractivity contribution in [1.29, 1.82) is 0 Å². The van der Waals surface area contributed by atoms with Crippen LogP contribution in [0.25, 0.3) is 0 Å². The van der Waals surface area contributed by atoms with Crippen LogP contribution >= 0.6 is 22.9 Å². The lowest BCUT2D eigenvalue weighted by atomic mass is 10.1. The normalized spacial score (nSPS) is 18.7. The second-order valence-electron chi connectivity index (χ2n) is 4.71. The van der Waals surface area contributed by atoms with Gasteiger partial charge in [0.2, 0.25) is 0 Å². The predicted octanol–water partition coefficient (Wildman–Crippen LogP) is 2.85. The number of rotatable bonds is 4. The molecule has 1 unspecified atom stereocenters. The minimum absolute atomic E-state index is 0.286. The molecule has 2 aromatic rings. The van der Waals surface area contributed by atoms with Gasteiger partial charge in [-0.15, -0.1) is 11.3 Å². The molecule has 0 bridgehead atoms. The van der Waals surface area contributed by atoms with Crippen LogP contribution in [0.1, 0.15) is 22.2 Å². The molecule has 3 nitrogen and oxygen atoms in total. The Balaban J connectivity index is 1.76. The minimum atomic E-state index is 0.286. The van der Waals surface area contributed by atoms with Gasteiger partial charge in [0.1, 0.15) is 0 Å². The van der Waals surface area contributed by atoms with Gasteiger partial charge in [0.15, 0.2) is 0 Å². The van der Waals surface area contributed by atoms with E-state index in [0.717, 1.165) is 24.5 Å². The average molecular weight is 294 g/mol. The number of halogens is 1. The highest BCUT2D eigenvalue weighted by Gasteiger charge is 2.30. The number of hydrogen-bond donors (Lipinski definition) is 1. The largest absolute Gasteiger partial charge is 0.329 e. The zero-order chi connectivity index (χ0) is 13.2. The molecule has 0 amide bonds. The highest BCUT2D eigenvalue weighted by Crippen LogP contribution is 2.36. The van der Waals surface area contributed by atoms with Crippen molar-refractivity contribution < 1.29 is 0 Å². The number of nitrogens with zero attached hydrogens (tertiary/aromatic N) is 2. The highest BCUT2D eigenvalue weighted by atomic mass is 35.5. The summed E-state index contributed by atoms with van der Waals surface area (Å²) in [5, 5.41) is 4.05. The van der Waals surface area contributed by atoms with Crippen LogP contribution < -0.4 is 5.73 Å². The van der Waals surface area contributed by atoms with Gasteiger partial charge in [-0.05, 0) is 17.2 Å². The zero-order valence-electron chi connectivity index (χ0n) is 10.6. The summed E-state index contributed by atoms with van der Waals surface area (Å²) in [6.07, 6.45) is 2.83. The van der Waals surface area contributed by atoms with Crippen LogP contribution in [-0.2, 0) is 13.0 Å². The maximum atomic E-state index is 6.28. The van der Waals surface area contributed by atoms with Crippen LogP contribution in [0.3, 0.4) is 0 Å². The first-order chi connectivity index (χ1) is 9.29. The van der Waals surface area contributed by atoms with Gasteiger partial charge in [-0.1, -0.05) is 23.7 Å². The first-order valence-electron chi connectivity index (χ1n) is 6.39. The van der Waals surface area contributed by atoms with E-state index in [0.29, 0.717) is 6.54 Å². The summed E-state index contributed by atoms with van der Waals surface area (Å²) in [6.45, 7) is 2.49. The SMILES string of the molecule is NCC1c2cccc(Cl)c2CN1CCc1nccs1. The predicted molar refractivity (Wildman–Crippen MR) is 79.5 cm³/mol. The van der Waals surface area contributed by atoms with Crippen molar-refractivity contribution in [3.05, 3.63) is 50.9 Å². The zero-order valence-corrected chi connectivity index (χ0v) is 12.1. The summed E-state index contributed by atoms with van der Waals surface area (Å²) in [6, 6.07) is 6.39. The number of thiazole rings is 1. The smallest absolute Gasteiger partial charge is 0.0937 e. The van der Waals surface area contributed by atoms with Gasteiger partial charge >= 0.3 is 0 Å². The number of nitrogens with two attached hydrogens (primary N) is 1. The topological polar surface area (TPSA) is 42.1 Å². The third-order valence-corrected chi connectivity index (χ3v) is 4.83. The lowest BCUT2D eigenvalue weighted by molar-refractivity contribution is 0.223. The third kappa shape index (κ3) is 2.54. The van der Waals surface area contributed by atoms with Gasteiger partial charge in [0.25, 0.3) is 0 Å². The fourth-order valence-corrected chi connectivity index (χ4v) is 3.54. The Labute approximate surface area is 122 Å². The molecule has 1 aliphatic rings. The van der Waals surface area contributed by atoms with Gasteiger partial charge in [0, 0.05) is 48.7 Å². The molecule has 0 fully saturated rings. The van der Waals surface area contributed by atoms with E-state index in [4.69, 9.17) is 17.3 Å². The summed E-state index contributed by atoms with van der Waals surface area (Å²) in [5.74, 6) is 0. The average Bonchev–Trinajstić information content (AvgIpc) is 3.03. The van der Waals surface area contributed by atoms with Crippen LogP contribution in [-0.4, -0.2) is 23.0 Å². The molecule has 0 saturated heterocycles. The lowest BCUT2D eigenvalue weighted by Crippen LogP contribution is -2.29. The molecule has 0 saturated carbocycles. The quantitative estimate of drug-likeness (QED) is 0.942. The third-order valence-electron chi connectivity index (χ3n) is 3.64. The van der Waals surface area contributed by atoms with Crippen molar-refractivity contribution in [2.45, 2.75) is 19.0 Å². The van der Waals surface area contributed by atoms with Crippen molar-refractivity contribution in [3.8, 4) is 0 Å². The van der Waals surface area contributed by atoms with Crippen LogP contribution in [0.4, 0.5) is 0 Å². The Bertz CT molecular complexity index is 556. The molecular weight excluding hydrogens is 278 g/mol. The van der Waals surface area contributed by atoms with Crippen LogP contribution in [0.15, 0.2) is 29.8 Å². The Hall–Kier alpha value is -0.940.